The first-order valence-corrected chi connectivity index (χ1v) is 8.81. The summed E-state index contributed by atoms with van der Waals surface area (Å²) in [6, 6.07) is 5.56. The van der Waals surface area contributed by atoms with Crippen LogP contribution in [0.5, 0.6) is 0 Å². The van der Waals surface area contributed by atoms with Crippen LogP contribution in [0.25, 0.3) is 11.0 Å². The molecule has 130 valence electrons. The maximum atomic E-state index is 12.4. The van der Waals surface area contributed by atoms with Crippen molar-refractivity contribution in [1.29, 1.82) is 0 Å². The molecule has 6 heteroatoms. The van der Waals surface area contributed by atoms with Gasteiger partial charge in [0.05, 0.1) is 5.02 Å². The number of halogens is 1. The summed E-state index contributed by atoms with van der Waals surface area (Å²) in [6.45, 7) is 7.99. The number of nitrogens with one attached hydrogen (secondary N) is 1. The quantitative estimate of drug-likeness (QED) is 0.843. The highest BCUT2D eigenvalue weighted by molar-refractivity contribution is 6.35. The molecule has 1 amide bonds. The summed E-state index contributed by atoms with van der Waals surface area (Å²) in [5.74, 6) is 0.191. The van der Waals surface area contributed by atoms with Gasteiger partial charge in [0.1, 0.15) is 0 Å². The maximum absolute atomic E-state index is 12.4. The van der Waals surface area contributed by atoms with Crippen LogP contribution in [0.1, 0.15) is 22.5 Å². The van der Waals surface area contributed by atoms with Gasteiger partial charge in [0.25, 0.3) is 5.91 Å². The van der Waals surface area contributed by atoms with E-state index in [9.17, 15) is 4.79 Å². The van der Waals surface area contributed by atoms with Crippen LogP contribution in [0.2, 0.25) is 5.02 Å². The lowest BCUT2D eigenvalue weighted by atomic mass is 10.1. The molecule has 0 unspecified atom stereocenters. The number of para-hydroxylation sites is 1. The minimum Gasteiger partial charge on any atom is -0.449 e. The Morgan fingerprint density at radius 3 is 2.75 bits per heavy atom. The van der Waals surface area contributed by atoms with Crippen molar-refractivity contribution in [3.05, 3.63) is 34.5 Å². The van der Waals surface area contributed by atoms with Gasteiger partial charge in [-0.15, -0.1) is 0 Å². The largest absolute Gasteiger partial charge is 0.449 e. The van der Waals surface area contributed by atoms with Crippen molar-refractivity contribution >= 4 is 28.5 Å². The molecule has 2 heterocycles. The van der Waals surface area contributed by atoms with Crippen LogP contribution in [0.3, 0.4) is 0 Å². The number of benzene rings is 1. The normalized spacial score (nSPS) is 16.6. The van der Waals surface area contributed by atoms with Crippen LogP contribution in [-0.4, -0.2) is 62.0 Å². The maximum Gasteiger partial charge on any atom is 0.287 e. The predicted molar refractivity (Wildman–Crippen MR) is 96.8 cm³/mol. The molecule has 1 aliphatic heterocycles. The Hall–Kier alpha value is -1.56. The first-order chi connectivity index (χ1) is 11.6. The SMILES string of the molecule is Cc1c(C(=O)NCCCN2CCN(C)CC2)oc2c(Cl)cccc12. The van der Waals surface area contributed by atoms with E-state index in [0.29, 0.717) is 22.9 Å². The summed E-state index contributed by atoms with van der Waals surface area (Å²) in [7, 11) is 2.15. The van der Waals surface area contributed by atoms with Crippen molar-refractivity contribution < 1.29 is 9.21 Å². The summed E-state index contributed by atoms with van der Waals surface area (Å²) in [6.07, 6.45) is 0.940. The third-order valence-electron chi connectivity index (χ3n) is 4.65. The number of likely N-dealkylation sites (N-methyl/N-ethyl adjacent to an activating group) is 1. The third-order valence-corrected chi connectivity index (χ3v) is 4.95. The lowest BCUT2D eigenvalue weighted by molar-refractivity contribution is 0.0923. The fourth-order valence-corrected chi connectivity index (χ4v) is 3.29. The Labute approximate surface area is 147 Å². The summed E-state index contributed by atoms with van der Waals surface area (Å²) >= 11 is 6.14. The van der Waals surface area contributed by atoms with Gasteiger partial charge < -0.3 is 19.5 Å². The van der Waals surface area contributed by atoms with Crippen LogP contribution in [0.4, 0.5) is 0 Å². The molecule has 1 fully saturated rings. The zero-order chi connectivity index (χ0) is 17.1. The zero-order valence-corrected chi connectivity index (χ0v) is 15.0. The highest BCUT2D eigenvalue weighted by Crippen LogP contribution is 2.30. The van der Waals surface area contributed by atoms with E-state index in [-0.39, 0.29) is 5.91 Å². The first-order valence-electron chi connectivity index (χ1n) is 8.43. The van der Waals surface area contributed by atoms with Gasteiger partial charge in [0.2, 0.25) is 0 Å². The van der Waals surface area contributed by atoms with Gasteiger partial charge in [-0.3, -0.25) is 4.79 Å². The monoisotopic (exact) mass is 349 g/mol. The Morgan fingerprint density at radius 1 is 1.29 bits per heavy atom. The number of hydrogen-bond acceptors (Lipinski definition) is 4. The summed E-state index contributed by atoms with van der Waals surface area (Å²) in [5, 5.41) is 4.38. The number of aryl methyl sites for hydroxylation is 1. The molecule has 3 rings (SSSR count). The van der Waals surface area contributed by atoms with E-state index in [1.165, 1.54) is 0 Å². The van der Waals surface area contributed by atoms with Crippen LogP contribution in [0.15, 0.2) is 22.6 Å². The Morgan fingerprint density at radius 2 is 2.04 bits per heavy atom. The summed E-state index contributed by atoms with van der Waals surface area (Å²) in [5.41, 5.74) is 1.42. The number of carbonyl (C=O) groups excluding carboxylic acids is 1. The van der Waals surface area contributed by atoms with Gasteiger partial charge in [-0.1, -0.05) is 23.7 Å². The van der Waals surface area contributed by atoms with Crippen LogP contribution >= 0.6 is 11.6 Å². The third kappa shape index (κ3) is 3.74. The lowest BCUT2D eigenvalue weighted by Gasteiger charge is -2.32. The molecule has 2 aromatic rings. The second-order valence-corrected chi connectivity index (χ2v) is 6.83. The second kappa shape index (κ2) is 7.55. The molecule has 0 aliphatic carbocycles. The van der Waals surface area contributed by atoms with Crippen LogP contribution in [0, 0.1) is 6.92 Å². The van der Waals surface area contributed by atoms with Crippen molar-refractivity contribution in [3.8, 4) is 0 Å². The van der Waals surface area contributed by atoms with Gasteiger partial charge >= 0.3 is 0 Å². The van der Waals surface area contributed by atoms with Gasteiger partial charge in [0, 0.05) is 43.7 Å². The molecule has 1 aromatic heterocycles. The Kier molecular flexibility index (Phi) is 5.43. The van der Waals surface area contributed by atoms with E-state index < -0.39 is 0 Å². The number of carbonyl (C=O) groups is 1. The molecule has 0 radical (unpaired) electrons. The van der Waals surface area contributed by atoms with Crippen molar-refractivity contribution in [3.63, 3.8) is 0 Å². The molecule has 1 aliphatic rings. The van der Waals surface area contributed by atoms with Crippen LogP contribution in [-0.2, 0) is 0 Å². The molecule has 0 atom stereocenters. The number of amides is 1. The smallest absolute Gasteiger partial charge is 0.287 e. The molecule has 0 bridgehead atoms. The van der Waals surface area contributed by atoms with E-state index in [0.717, 1.165) is 50.1 Å². The fourth-order valence-electron chi connectivity index (χ4n) is 3.08. The van der Waals surface area contributed by atoms with E-state index in [1.54, 1.807) is 6.07 Å². The lowest BCUT2D eigenvalue weighted by Crippen LogP contribution is -2.45. The summed E-state index contributed by atoms with van der Waals surface area (Å²) in [4.78, 5) is 17.2. The minimum absolute atomic E-state index is 0.168. The van der Waals surface area contributed by atoms with Gasteiger partial charge in [-0.2, -0.15) is 0 Å². The molecule has 1 aromatic carbocycles. The summed E-state index contributed by atoms with van der Waals surface area (Å²) < 4.78 is 5.69. The molecule has 1 saturated heterocycles. The molecule has 0 spiro atoms. The fraction of sp³-hybridized carbons (Fsp3) is 0.500. The average Bonchev–Trinajstić information content (AvgIpc) is 2.92. The van der Waals surface area contributed by atoms with Crippen molar-refractivity contribution in [1.82, 2.24) is 15.1 Å². The standard InChI is InChI=1S/C18H24ClN3O2/c1-13-14-5-3-6-15(19)17(14)24-16(13)18(23)20-7-4-8-22-11-9-21(2)10-12-22/h3,5-6H,4,7-12H2,1-2H3,(H,20,23). The van der Waals surface area contributed by atoms with Crippen molar-refractivity contribution in [2.75, 3.05) is 46.3 Å². The molecule has 0 saturated carbocycles. The van der Waals surface area contributed by atoms with E-state index in [1.807, 2.05) is 19.1 Å². The van der Waals surface area contributed by atoms with E-state index >= 15 is 0 Å². The number of furan rings is 1. The topological polar surface area (TPSA) is 48.7 Å². The molecule has 5 nitrogen and oxygen atoms in total. The van der Waals surface area contributed by atoms with Crippen molar-refractivity contribution in [2.45, 2.75) is 13.3 Å². The highest BCUT2D eigenvalue weighted by Gasteiger charge is 2.19. The Bertz CT molecular complexity index is 720. The van der Waals surface area contributed by atoms with Crippen LogP contribution < -0.4 is 5.32 Å². The van der Waals surface area contributed by atoms with E-state index in [2.05, 4.69) is 22.2 Å². The van der Waals surface area contributed by atoms with Gasteiger partial charge in [0.15, 0.2) is 11.3 Å². The molecule has 24 heavy (non-hydrogen) atoms. The highest BCUT2D eigenvalue weighted by atomic mass is 35.5. The number of nitrogens with zero attached hydrogens (tertiary/aromatic N) is 2. The van der Waals surface area contributed by atoms with E-state index in [4.69, 9.17) is 16.0 Å². The number of rotatable bonds is 5. The van der Waals surface area contributed by atoms with Gasteiger partial charge in [-0.25, -0.2) is 0 Å². The first kappa shape index (κ1) is 17.3. The zero-order valence-electron chi connectivity index (χ0n) is 14.3. The molecular formula is C18H24ClN3O2. The minimum atomic E-state index is -0.168. The number of piperazine rings is 1. The Balaban J connectivity index is 1.52. The molecule has 1 N–H and O–H groups in total. The number of fused-ring (bicyclic) bond motifs is 1. The predicted octanol–water partition coefficient (Wildman–Crippen LogP) is 2.76. The van der Waals surface area contributed by atoms with Gasteiger partial charge in [-0.05, 0) is 33.0 Å². The van der Waals surface area contributed by atoms with Crippen molar-refractivity contribution in [2.24, 2.45) is 0 Å². The average molecular weight is 350 g/mol. The molecular weight excluding hydrogens is 326 g/mol. The second-order valence-electron chi connectivity index (χ2n) is 6.43. The number of hydrogen-bond donors (Lipinski definition) is 1.